The van der Waals surface area contributed by atoms with Gasteiger partial charge in [-0.3, -0.25) is 4.79 Å². The molecule has 21 heavy (non-hydrogen) atoms. The minimum absolute atomic E-state index is 0.0288. The van der Waals surface area contributed by atoms with Gasteiger partial charge >= 0.3 is 0 Å². The molecule has 110 valence electrons. The van der Waals surface area contributed by atoms with Crippen molar-refractivity contribution in [3.63, 3.8) is 0 Å². The van der Waals surface area contributed by atoms with E-state index in [1.165, 1.54) is 0 Å². The lowest BCUT2D eigenvalue weighted by atomic mass is 10.1. The second-order valence-corrected chi connectivity index (χ2v) is 5.66. The van der Waals surface area contributed by atoms with E-state index in [1.807, 2.05) is 42.5 Å². The van der Waals surface area contributed by atoms with Crippen molar-refractivity contribution in [3.8, 4) is 0 Å². The molecule has 0 fully saturated rings. The minimum Gasteiger partial charge on any atom is -0.352 e. The maximum atomic E-state index is 12.1. The summed E-state index contributed by atoms with van der Waals surface area (Å²) < 4.78 is 0. The van der Waals surface area contributed by atoms with Crippen molar-refractivity contribution in [1.29, 1.82) is 0 Å². The summed E-state index contributed by atoms with van der Waals surface area (Å²) in [5, 5.41) is 3.64. The first-order valence-corrected chi connectivity index (χ1v) is 7.72. The molecule has 0 radical (unpaired) electrons. The van der Waals surface area contributed by atoms with Crippen molar-refractivity contribution in [2.75, 3.05) is 5.88 Å². The van der Waals surface area contributed by atoms with E-state index in [1.54, 1.807) is 12.1 Å². The number of benzene rings is 2. The Morgan fingerprint density at radius 3 is 2.29 bits per heavy atom. The highest BCUT2D eigenvalue weighted by molar-refractivity contribution is 6.30. The summed E-state index contributed by atoms with van der Waals surface area (Å²) in [6, 6.07) is 17.2. The highest BCUT2D eigenvalue weighted by Crippen LogP contribution is 2.10. The van der Waals surface area contributed by atoms with Gasteiger partial charge in [-0.25, -0.2) is 0 Å². The number of halogens is 2. The standard InChI is InChI=1S/C17H17Cl2NO/c18-12-16(10-13-4-2-1-3-5-13)20-17(21)11-14-6-8-15(19)9-7-14/h1-9,16H,10-12H2,(H,20,21)/t16-/m0/s1. The Hall–Kier alpha value is -1.51. The minimum atomic E-state index is -0.0612. The van der Waals surface area contributed by atoms with E-state index >= 15 is 0 Å². The largest absolute Gasteiger partial charge is 0.352 e. The molecule has 0 saturated heterocycles. The van der Waals surface area contributed by atoms with Gasteiger partial charge in [0.15, 0.2) is 0 Å². The van der Waals surface area contributed by atoms with Gasteiger partial charge in [-0.2, -0.15) is 0 Å². The van der Waals surface area contributed by atoms with Crippen LogP contribution in [0.4, 0.5) is 0 Å². The zero-order valence-electron chi connectivity index (χ0n) is 11.6. The first kappa shape index (κ1) is 15.9. The van der Waals surface area contributed by atoms with Crippen LogP contribution in [-0.4, -0.2) is 17.8 Å². The van der Waals surface area contributed by atoms with Crippen LogP contribution in [0.15, 0.2) is 54.6 Å². The zero-order valence-corrected chi connectivity index (χ0v) is 13.1. The molecule has 2 aromatic rings. The molecule has 0 aromatic heterocycles. The number of carbonyl (C=O) groups excluding carboxylic acids is 1. The Balaban J connectivity index is 1.89. The quantitative estimate of drug-likeness (QED) is 0.804. The van der Waals surface area contributed by atoms with Crippen LogP contribution in [-0.2, 0) is 17.6 Å². The lowest BCUT2D eigenvalue weighted by molar-refractivity contribution is -0.121. The van der Waals surface area contributed by atoms with Crippen molar-refractivity contribution in [2.45, 2.75) is 18.9 Å². The second-order valence-electron chi connectivity index (χ2n) is 4.91. The highest BCUT2D eigenvalue weighted by Gasteiger charge is 2.12. The Morgan fingerprint density at radius 2 is 1.67 bits per heavy atom. The fourth-order valence-electron chi connectivity index (χ4n) is 2.11. The lowest BCUT2D eigenvalue weighted by Gasteiger charge is -2.16. The van der Waals surface area contributed by atoms with E-state index in [0.29, 0.717) is 17.3 Å². The summed E-state index contributed by atoms with van der Waals surface area (Å²) in [5.74, 6) is 0.361. The topological polar surface area (TPSA) is 29.1 Å². The second kappa shape index (κ2) is 8.06. The summed E-state index contributed by atoms with van der Waals surface area (Å²) in [4.78, 5) is 12.1. The Labute approximate surface area is 135 Å². The zero-order chi connectivity index (χ0) is 15.1. The van der Waals surface area contributed by atoms with Crippen molar-refractivity contribution in [2.24, 2.45) is 0 Å². The summed E-state index contributed by atoms with van der Waals surface area (Å²) in [6.45, 7) is 0. The van der Waals surface area contributed by atoms with Gasteiger partial charge in [0, 0.05) is 16.9 Å². The highest BCUT2D eigenvalue weighted by atomic mass is 35.5. The Bertz CT molecular complexity index is 569. The van der Waals surface area contributed by atoms with Gasteiger partial charge in [0.2, 0.25) is 5.91 Å². The molecule has 0 unspecified atom stereocenters. The molecule has 0 bridgehead atoms. The molecule has 2 nitrogen and oxygen atoms in total. The molecule has 1 atom stereocenters. The summed E-state index contributed by atoms with van der Waals surface area (Å²) in [7, 11) is 0. The van der Waals surface area contributed by atoms with Crippen LogP contribution in [0, 0.1) is 0 Å². The van der Waals surface area contributed by atoms with Crippen molar-refractivity contribution < 1.29 is 4.79 Å². The molecule has 0 heterocycles. The molecule has 4 heteroatoms. The van der Waals surface area contributed by atoms with Crippen molar-refractivity contribution >= 4 is 29.1 Å². The molecular formula is C17H17Cl2NO. The molecular weight excluding hydrogens is 305 g/mol. The van der Waals surface area contributed by atoms with E-state index < -0.39 is 0 Å². The van der Waals surface area contributed by atoms with Gasteiger partial charge in [-0.15, -0.1) is 11.6 Å². The van der Waals surface area contributed by atoms with Crippen LogP contribution in [0.2, 0.25) is 5.02 Å². The smallest absolute Gasteiger partial charge is 0.224 e. The van der Waals surface area contributed by atoms with Gasteiger partial charge < -0.3 is 5.32 Å². The molecule has 1 amide bonds. The van der Waals surface area contributed by atoms with E-state index in [9.17, 15) is 4.79 Å². The third kappa shape index (κ3) is 5.41. The van der Waals surface area contributed by atoms with Gasteiger partial charge in [-0.1, -0.05) is 54.1 Å². The predicted octanol–water partition coefficient (Wildman–Crippen LogP) is 3.85. The van der Waals surface area contributed by atoms with Gasteiger partial charge in [0.05, 0.1) is 6.42 Å². The van der Waals surface area contributed by atoms with Crippen molar-refractivity contribution in [3.05, 3.63) is 70.7 Å². The first-order chi connectivity index (χ1) is 10.2. The first-order valence-electron chi connectivity index (χ1n) is 6.81. The molecule has 0 spiro atoms. The van der Waals surface area contributed by atoms with E-state index in [0.717, 1.165) is 17.5 Å². The maximum Gasteiger partial charge on any atom is 0.224 e. The normalized spacial score (nSPS) is 11.9. The van der Waals surface area contributed by atoms with E-state index in [2.05, 4.69) is 5.32 Å². The summed E-state index contributed by atoms with van der Waals surface area (Å²) >= 11 is 11.8. The SMILES string of the molecule is O=C(Cc1ccc(Cl)cc1)N[C@H](CCl)Cc1ccccc1. The fraction of sp³-hybridized carbons (Fsp3) is 0.235. The van der Waals surface area contributed by atoms with E-state index in [-0.39, 0.29) is 11.9 Å². The van der Waals surface area contributed by atoms with Crippen LogP contribution >= 0.6 is 23.2 Å². The average molecular weight is 322 g/mol. The molecule has 0 aliphatic rings. The number of carbonyl (C=O) groups is 1. The average Bonchev–Trinajstić information content (AvgIpc) is 2.50. The monoisotopic (exact) mass is 321 g/mol. The Morgan fingerprint density at radius 1 is 1.00 bits per heavy atom. The lowest BCUT2D eigenvalue weighted by Crippen LogP contribution is -2.38. The van der Waals surface area contributed by atoms with Crippen LogP contribution in [0.25, 0.3) is 0 Å². The third-order valence-electron chi connectivity index (χ3n) is 3.15. The number of nitrogens with one attached hydrogen (secondary N) is 1. The molecule has 0 aliphatic heterocycles. The summed E-state index contributed by atoms with van der Waals surface area (Å²) in [6.07, 6.45) is 1.07. The number of alkyl halides is 1. The molecule has 2 rings (SSSR count). The predicted molar refractivity (Wildman–Crippen MR) is 88.0 cm³/mol. The number of amides is 1. The summed E-state index contributed by atoms with van der Waals surface area (Å²) in [5.41, 5.74) is 2.10. The molecule has 0 saturated carbocycles. The fourth-order valence-corrected chi connectivity index (χ4v) is 2.42. The maximum absolute atomic E-state index is 12.1. The van der Waals surface area contributed by atoms with Crippen LogP contribution in [0.3, 0.4) is 0 Å². The van der Waals surface area contributed by atoms with Crippen LogP contribution in [0.1, 0.15) is 11.1 Å². The van der Waals surface area contributed by atoms with Gasteiger partial charge in [0.25, 0.3) is 0 Å². The number of hydrogen-bond acceptors (Lipinski definition) is 1. The van der Waals surface area contributed by atoms with Crippen molar-refractivity contribution in [1.82, 2.24) is 5.32 Å². The number of hydrogen-bond donors (Lipinski definition) is 1. The van der Waals surface area contributed by atoms with Gasteiger partial charge in [-0.05, 0) is 29.7 Å². The number of rotatable bonds is 6. The van der Waals surface area contributed by atoms with Gasteiger partial charge in [0.1, 0.15) is 0 Å². The van der Waals surface area contributed by atoms with Crippen LogP contribution in [0.5, 0.6) is 0 Å². The third-order valence-corrected chi connectivity index (χ3v) is 3.78. The molecule has 2 aromatic carbocycles. The Kier molecular flexibility index (Phi) is 6.09. The van der Waals surface area contributed by atoms with E-state index in [4.69, 9.17) is 23.2 Å². The molecule has 1 N–H and O–H groups in total. The molecule has 0 aliphatic carbocycles. The van der Waals surface area contributed by atoms with Crippen LogP contribution < -0.4 is 5.32 Å².